The van der Waals surface area contributed by atoms with Crippen LogP contribution < -0.4 is 9.47 Å². The Labute approximate surface area is 128 Å². The van der Waals surface area contributed by atoms with Crippen molar-refractivity contribution in [1.29, 1.82) is 0 Å². The lowest BCUT2D eigenvalue weighted by atomic mass is 9.74. The number of ether oxygens (including phenoxy) is 2. The molecule has 0 spiro atoms. The summed E-state index contributed by atoms with van der Waals surface area (Å²) in [6, 6.07) is 1.76. The minimum atomic E-state index is -1.33. The Hall–Kier alpha value is -2.27. The van der Waals surface area contributed by atoms with Crippen LogP contribution in [0.25, 0.3) is 0 Å². The van der Waals surface area contributed by atoms with Crippen LogP contribution in [0.1, 0.15) is 45.3 Å². The molecule has 0 amide bonds. The second-order valence-electron chi connectivity index (χ2n) is 5.70. The lowest BCUT2D eigenvalue weighted by Crippen LogP contribution is -2.34. The molecule has 22 heavy (non-hydrogen) atoms. The first-order chi connectivity index (χ1) is 10.3. The second-order valence-corrected chi connectivity index (χ2v) is 5.70. The molecule has 1 N–H and O–H groups in total. The standard InChI is InChI=1S/C17H18O5/c1-8-6-10(20-4)15(21-5)11-12(8)17(3,19)13-9(2)7-22-16(13)14(11)18/h6-7,19H,1-5H3. The molecule has 0 saturated heterocycles. The summed E-state index contributed by atoms with van der Waals surface area (Å²) < 4.78 is 16.1. The van der Waals surface area contributed by atoms with E-state index in [1.165, 1.54) is 20.5 Å². The number of hydrogen-bond acceptors (Lipinski definition) is 5. The van der Waals surface area contributed by atoms with Crippen molar-refractivity contribution in [1.82, 2.24) is 0 Å². The third-order valence-electron chi connectivity index (χ3n) is 4.25. The Morgan fingerprint density at radius 3 is 2.41 bits per heavy atom. The van der Waals surface area contributed by atoms with Crippen molar-refractivity contribution in [2.24, 2.45) is 0 Å². The fourth-order valence-electron chi connectivity index (χ4n) is 3.42. The van der Waals surface area contributed by atoms with Crippen molar-refractivity contribution in [3.63, 3.8) is 0 Å². The second kappa shape index (κ2) is 4.61. The molecular formula is C17H18O5. The van der Waals surface area contributed by atoms with E-state index in [0.717, 1.165) is 11.1 Å². The smallest absolute Gasteiger partial charge is 0.232 e. The summed E-state index contributed by atoms with van der Waals surface area (Å²) >= 11 is 0. The van der Waals surface area contributed by atoms with Crippen LogP contribution in [0.2, 0.25) is 0 Å². The van der Waals surface area contributed by atoms with Crippen LogP contribution in [-0.2, 0) is 5.60 Å². The van der Waals surface area contributed by atoms with Gasteiger partial charge in [0, 0.05) is 11.1 Å². The van der Waals surface area contributed by atoms with Gasteiger partial charge in [-0.05, 0) is 38.0 Å². The Morgan fingerprint density at radius 2 is 1.82 bits per heavy atom. The normalized spacial score (nSPS) is 19.6. The number of methoxy groups -OCH3 is 2. The molecule has 116 valence electrons. The van der Waals surface area contributed by atoms with Crippen LogP contribution >= 0.6 is 0 Å². The molecule has 0 radical (unpaired) electrons. The van der Waals surface area contributed by atoms with E-state index in [1.54, 1.807) is 13.0 Å². The van der Waals surface area contributed by atoms with Crippen LogP contribution in [0.5, 0.6) is 11.5 Å². The maximum Gasteiger partial charge on any atom is 0.232 e. The summed E-state index contributed by atoms with van der Waals surface area (Å²) in [6.07, 6.45) is 1.49. The predicted molar refractivity (Wildman–Crippen MR) is 79.8 cm³/mol. The number of ketones is 1. The largest absolute Gasteiger partial charge is 0.493 e. The van der Waals surface area contributed by atoms with Gasteiger partial charge in [-0.2, -0.15) is 0 Å². The van der Waals surface area contributed by atoms with Gasteiger partial charge in [-0.15, -0.1) is 0 Å². The van der Waals surface area contributed by atoms with Crippen LogP contribution in [-0.4, -0.2) is 25.1 Å². The molecule has 1 aromatic carbocycles. The third-order valence-corrected chi connectivity index (χ3v) is 4.25. The summed E-state index contributed by atoms with van der Waals surface area (Å²) in [5.41, 5.74) is 1.52. The molecule has 1 aliphatic carbocycles. The van der Waals surface area contributed by atoms with Gasteiger partial charge in [-0.1, -0.05) is 0 Å². The van der Waals surface area contributed by atoms with E-state index in [4.69, 9.17) is 13.9 Å². The molecule has 1 aliphatic rings. The van der Waals surface area contributed by atoms with E-state index in [1.807, 2.05) is 13.8 Å². The Balaban J connectivity index is 2.45. The molecule has 3 rings (SSSR count). The predicted octanol–water partition coefficient (Wildman–Crippen LogP) is 2.71. The molecule has 0 saturated carbocycles. The molecule has 2 aromatic rings. The van der Waals surface area contributed by atoms with E-state index in [0.29, 0.717) is 28.2 Å². The summed E-state index contributed by atoms with van der Waals surface area (Å²) in [7, 11) is 2.98. The van der Waals surface area contributed by atoms with Crippen molar-refractivity contribution in [2.75, 3.05) is 14.2 Å². The molecular weight excluding hydrogens is 284 g/mol. The first kappa shape index (κ1) is 14.7. The SMILES string of the molecule is COc1cc(C)c2c(c1OC)C(=O)c1occ(C)c1C2(C)O. The zero-order valence-electron chi connectivity index (χ0n) is 13.2. The first-order valence-corrected chi connectivity index (χ1v) is 6.96. The molecule has 1 aromatic heterocycles. The van der Waals surface area contributed by atoms with Crippen molar-refractivity contribution in [2.45, 2.75) is 26.4 Å². The van der Waals surface area contributed by atoms with Crippen molar-refractivity contribution in [3.05, 3.63) is 45.9 Å². The minimum Gasteiger partial charge on any atom is -0.493 e. The van der Waals surface area contributed by atoms with E-state index in [-0.39, 0.29) is 11.5 Å². The van der Waals surface area contributed by atoms with Gasteiger partial charge in [0.05, 0.1) is 26.0 Å². The fraction of sp³-hybridized carbons (Fsp3) is 0.353. The van der Waals surface area contributed by atoms with Crippen LogP contribution in [0.3, 0.4) is 0 Å². The van der Waals surface area contributed by atoms with Crippen LogP contribution in [0.4, 0.5) is 0 Å². The number of aliphatic hydroxyl groups is 1. The molecule has 1 atom stereocenters. The highest BCUT2D eigenvalue weighted by molar-refractivity contribution is 6.14. The summed E-state index contributed by atoms with van der Waals surface area (Å²) in [5, 5.41) is 11.1. The number of hydrogen-bond donors (Lipinski definition) is 1. The number of fused-ring (bicyclic) bond motifs is 2. The lowest BCUT2D eigenvalue weighted by molar-refractivity contribution is 0.0816. The van der Waals surface area contributed by atoms with Gasteiger partial charge in [0.15, 0.2) is 17.3 Å². The van der Waals surface area contributed by atoms with Gasteiger partial charge < -0.3 is 19.0 Å². The summed E-state index contributed by atoms with van der Waals surface area (Å²) in [5.74, 6) is 0.618. The average Bonchev–Trinajstić information content (AvgIpc) is 2.86. The molecule has 1 unspecified atom stereocenters. The number of furan rings is 1. The minimum absolute atomic E-state index is 0.154. The summed E-state index contributed by atoms with van der Waals surface area (Å²) in [6.45, 7) is 5.31. The third kappa shape index (κ3) is 1.66. The van der Waals surface area contributed by atoms with Crippen molar-refractivity contribution < 1.29 is 23.8 Å². The van der Waals surface area contributed by atoms with Gasteiger partial charge in [-0.3, -0.25) is 4.79 Å². The Kier molecular flexibility index (Phi) is 3.07. The highest BCUT2D eigenvalue weighted by atomic mass is 16.5. The van der Waals surface area contributed by atoms with Gasteiger partial charge >= 0.3 is 0 Å². The van der Waals surface area contributed by atoms with E-state index in [9.17, 15) is 9.90 Å². The zero-order chi connectivity index (χ0) is 16.2. The van der Waals surface area contributed by atoms with Gasteiger partial charge in [0.2, 0.25) is 5.78 Å². The molecule has 5 heteroatoms. The maximum atomic E-state index is 12.9. The molecule has 0 aliphatic heterocycles. The lowest BCUT2D eigenvalue weighted by Gasteiger charge is -2.33. The van der Waals surface area contributed by atoms with Gasteiger partial charge in [-0.25, -0.2) is 0 Å². The van der Waals surface area contributed by atoms with Crippen molar-refractivity contribution in [3.8, 4) is 11.5 Å². The van der Waals surface area contributed by atoms with Gasteiger partial charge in [0.1, 0.15) is 5.60 Å². The number of aryl methyl sites for hydroxylation is 2. The highest BCUT2D eigenvalue weighted by Crippen LogP contribution is 2.49. The summed E-state index contributed by atoms with van der Waals surface area (Å²) in [4.78, 5) is 12.9. The zero-order valence-corrected chi connectivity index (χ0v) is 13.2. The highest BCUT2D eigenvalue weighted by Gasteiger charge is 2.45. The average molecular weight is 302 g/mol. The quantitative estimate of drug-likeness (QED) is 0.923. The first-order valence-electron chi connectivity index (χ1n) is 6.96. The molecule has 5 nitrogen and oxygen atoms in total. The Morgan fingerprint density at radius 1 is 1.14 bits per heavy atom. The number of benzene rings is 1. The number of carbonyl (C=O) groups is 1. The number of rotatable bonds is 2. The molecule has 0 fully saturated rings. The van der Waals surface area contributed by atoms with E-state index in [2.05, 4.69) is 0 Å². The van der Waals surface area contributed by atoms with E-state index >= 15 is 0 Å². The maximum absolute atomic E-state index is 12.9. The van der Waals surface area contributed by atoms with Crippen LogP contribution in [0, 0.1) is 13.8 Å². The van der Waals surface area contributed by atoms with E-state index < -0.39 is 5.60 Å². The van der Waals surface area contributed by atoms with Crippen LogP contribution in [0.15, 0.2) is 16.7 Å². The van der Waals surface area contributed by atoms with Gasteiger partial charge in [0.25, 0.3) is 0 Å². The topological polar surface area (TPSA) is 68.9 Å². The monoisotopic (exact) mass is 302 g/mol. The number of carbonyl (C=O) groups excluding carboxylic acids is 1. The Bertz CT molecular complexity index is 783. The molecule has 1 heterocycles. The fourth-order valence-corrected chi connectivity index (χ4v) is 3.42. The molecule has 0 bridgehead atoms. The van der Waals surface area contributed by atoms with Crippen molar-refractivity contribution >= 4 is 5.78 Å².